The highest BCUT2D eigenvalue weighted by Gasteiger charge is 2.20. The molecule has 2 atom stereocenters. The third kappa shape index (κ3) is 5.41. The van der Waals surface area contributed by atoms with Crippen LogP contribution in [0.25, 0.3) is 5.69 Å². The van der Waals surface area contributed by atoms with Gasteiger partial charge in [-0.05, 0) is 55.3 Å². The summed E-state index contributed by atoms with van der Waals surface area (Å²) in [6.07, 6.45) is 5.29. The van der Waals surface area contributed by atoms with Gasteiger partial charge < -0.3 is 9.88 Å². The number of benzene rings is 3. The fourth-order valence-corrected chi connectivity index (χ4v) is 4.90. The Morgan fingerprint density at radius 3 is 2.26 bits per heavy atom. The van der Waals surface area contributed by atoms with Gasteiger partial charge in [0.2, 0.25) is 10.0 Å². The summed E-state index contributed by atoms with van der Waals surface area (Å²) in [6, 6.07) is 22.5. The van der Waals surface area contributed by atoms with E-state index < -0.39 is 16.1 Å². The number of rotatable bonds is 8. The number of nitrogens with one attached hydrogen (secondary N) is 2. The van der Waals surface area contributed by atoms with Gasteiger partial charge in [-0.25, -0.2) is 18.1 Å². The second-order valence-electron chi connectivity index (χ2n) is 8.04. The largest absolute Gasteiger partial charge is 0.346 e. The first-order valence-corrected chi connectivity index (χ1v) is 12.4. The molecule has 8 heteroatoms. The van der Waals surface area contributed by atoms with Gasteiger partial charge in [-0.1, -0.05) is 48.5 Å². The van der Waals surface area contributed by atoms with Crippen molar-refractivity contribution in [3.63, 3.8) is 0 Å². The van der Waals surface area contributed by atoms with E-state index >= 15 is 0 Å². The first-order chi connectivity index (χ1) is 16.3. The van der Waals surface area contributed by atoms with E-state index in [1.807, 2.05) is 72.3 Å². The highest BCUT2D eigenvalue weighted by Crippen LogP contribution is 2.19. The molecule has 1 amide bonds. The molecule has 4 aromatic rings. The lowest BCUT2D eigenvalue weighted by Gasteiger charge is -2.17. The van der Waals surface area contributed by atoms with Crippen molar-refractivity contribution in [2.45, 2.75) is 30.8 Å². The number of nitrogens with zero attached hydrogens (tertiary/aromatic N) is 2. The normalized spacial score (nSPS) is 13.2. The summed E-state index contributed by atoms with van der Waals surface area (Å²) in [7, 11) is -3.81. The quantitative estimate of drug-likeness (QED) is 0.396. The van der Waals surface area contributed by atoms with E-state index in [1.165, 1.54) is 12.1 Å². The minimum absolute atomic E-state index is 0.0419. The average molecular weight is 475 g/mol. The van der Waals surface area contributed by atoms with Crippen LogP contribution in [0.15, 0.2) is 102 Å². The van der Waals surface area contributed by atoms with Gasteiger partial charge in [0.25, 0.3) is 5.91 Å². The second kappa shape index (κ2) is 10.0. The third-order valence-corrected chi connectivity index (χ3v) is 7.12. The summed E-state index contributed by atoms with van der Waals surface area (Å²) >= 11 is 0. The molecule has 1 heterocycles. The van der Waals surface area contributed by atoms with E-state index in [0.717, 1.165) is 16.8 Å². The molecule has 0 aliphatic carbocycles. The molecule has 0 unspecified atom stereocenters. The zero-order valence-electron chi connectivity index (χ0n) is 18.9. The van der Waals surface area contributed by atoms with Gasteiger partial charge in [-0.15, -0.1) is 0 Å². The molecule has 0 radical (unpaired) electrons. The van der Waals surface area contributed by atoms with Crippen LogP contribution in [-0.2, 0) is 10.0 Å². The van der Waals surface area contributed by atoms with Gasteiger partial charge in [-0.3, -0.25) is 4.79 Å². The molecule has 0 spiro atoms. The second-order valence-corrected chi connectivity index (χ2v) is 9.75. The van der Waals surface area contributed by atoms with Crippen LogP contribution in [0, 0.1) is 0 Å². The van der Waals surface area contributed by atoms with Crippen molar-refractivity contribution in [3.8, 4) is 5.69 Å². The van der Waals surface area contributed by atoms with Crippen LogP contribution < -0.4 is 10.0 Å². The first kappa shape index (κ1) is 23.4. The molecule has 7 nitrogen and oxygen atoms in total. The molecule has 0 bridgehead atoms. The molecule has 34 heavy (non-hydrogen) atoms. The maximum Gasteiger partial charge on any atom is 0.251 e. The fourth-order valence-electron chi connectivity index (χ4n) is 3.63. The highest BCUT2D eigenvalue weighted by atomic mass is 32.2. The standard InChI is InChI=1S/C26H26N4O3S/c1-19(22-11-13-24(14-12-22)30-16-15-27-18-30)28-26(31)23-9-6-10-25(17-23)34(32,33)29-20(2)21-7-4-3-5-8-21/h3-20,29H,1-2H3,(H,28,31)/t19-,20-/m0/s1. The van der Waals surface area contributed by atoms with Gasteiger partial charge in [0.1, 0.15) is 0 Å². The first-order valence-electron chi connectivity index (χ1n) is 10.9. The molecule has 1 aromatic heterocycles. The number of aromatic nitrogens is 2. The Hall–Kier alpha value is -3.75. The summed E-state index contributed by atoms with van der Waals surface area (Å²) in [5.74, 6) is -0.348. The Kier molecular flexibility index (Phi) is 6.90. The number of hydrogen-bond acceptors (Lipinski definition) is 4. The molecule has 0 saturated carbocycles. The monoisotopic (exact) mass is 474 g/mol. The van der Waals surface area contributed by atoms with E-state index in [2.05, 4.69) is 15.0 Å². The zero-order chi connectivity index (χ0) is 24.1. The van der Waals surface area contributed by atoms with Crippen LogP contribution >= 0.6 is 0 Å². The summed E-state index contributed by atoms with van der Waals surface area (Å²) in [5, 5.41) is 2.94. The Bertz CT molecular complexity index is 1350. The van der Waals surface area contributed by atoms with Crippen LogP contribution in [0.1, 0.15) is 47.4 Å². The van der Waals surface area contributed by atoms with E-state index in [-0.39, 0.29) is 22.4 Å². The van der Waals surface area contributed by atoms with E-state index in [0.29, 0.717) is 0 Å². The zero-order valence-corrected chi connectivity index (χ0v) is 19.7. The van der Waals surface area contributed by atoms with Gasteiger partial charge in [0.05, 0.1) is 17.3 Å². The van der Waals surface area contributed by atoms with Gasteiger partial charge in [0.15, 0.2) is 0 Å². The average Bonchev–Trinajstić information content (AvgIpc) is 3.39. The summed E-state index contributed by atoms with van der Waals surface area (Å²) in [5.41, 5.74) is 3.03. The van der Waals surface area contributed by atoms with Crippen molar-refractivity contribution in [3.05, 3.63) is 114 Å². The van der Waals surface area contributed by atoms with Crippen molar-refractivity contribution >= 4 is 15.9 Å². The van der Waals surface area contributed by atoms with Crippen molar-refractivity contribution < 1.29 is 13.2 Å². The van der Waals surface area contributed by atoms with Crippen LogP contribution in [0.5, 0.6) is 0 Å². The highest BCUT2D eigenvalue weighted by molar-refractivity contribution is 7.89. The molecular formula is C26H26N4O3S. The van der Waals surface area contributed by atoms with Gasteiger partial charge in [-0.2, -0.15) is 0 Å². The van der Waals surface area contributed by atoms with Gasteiger partial charge in [0, 0.05) is 29.7 Å². The van der Waals surface area contributed by atoms with Crippen molar-refractivity contribution in [1.82, 2.24) is 19.6 Å². The predicted octanol–water partition coefficient (Wildman–Crippen LogP) is 4.40. The third-order valence-electron chi connectivity index (χ3n) is 5.58. The molecule has 174 valence electrons. The van der Waals surface area contributed by atoms with E-state index in [4.69, 9.17) is 0 Å². The molecule has 3 aromatic carbocycles. The number of sulfonamides is 1. The Morgan fingerprint density at radius 2 is 1.59 bits per heavy atom. The van der Waals surface area contributed by atoms with Crippen LogP contribution in [-0.4, -0.2) is 23.9 Å². The molecule has 0 fully saturated rings. The Morgan fingerprint density at radius 1 is 0.882 bits per heavy atom. The van der Waals surface area contributed by atoms with Crippen molar-refractivity contribution in [2.24, 2.45) is 0 Å². The molecule has 4 rings (SSSR count). The Balaban J connectivity index is 1.45. The van der Waals surface area contributed by atoms with Crippen LogP contribution in [0.3, 0.4) is 0 Å². The van der Waals surface area contributed by atoms with Gasteiger partial charge >= 0.3 is 0 Å². The molecule has 0 aliphatic heterocycles. The lowest BCUT2D eigenvalue weighted by atomic mass is 10.1. The number of amides is 1. The fraction of sp³-hybridized carbons (Fsp3) is 0.154. The van der Waals surface area contributed by atoms with Crippen molar-refractivity contribution in [2.75, 3.05) is 0 Å². The summed E-state index contributed by atoms with van der Waals surface area (Å²) in [6.45, 7) is 3.66. The summed E-state index contributed by atoms with van der Waals surface area (Å²) < 4.78 is 30.4. The predicted molar refractivity (Wildman–Crippen MR) is 131 cm³/mol. The molecule has 0 saturated heterocycles. The van der Waals surface area contributed by atoms with Crippen LogP contribution in [0.2, 0.25) is 0 Å². The molecular weight excluding hydrogens is 448 g/mol. The van der Waals surface area contributed by atoms with Crippen molar-refractivity contribution in [1.29, 1.82) is 0 Å². The number of imidazole rings is 1. The number of hydrogen-bond donors (Lipinski definition) is 2. The lowest BCUT2D eigenvalue weighted by molar-refractivity contribution is 0.0939. The maximum atomic E-state index is 12.9. The minimum atomic E-state index is -3.81. The molecule has 0 aliphatic rings. The lowest BCUT2D eigenvalue weighted by Crippen LogP contribution is -2.28. The SMILES string of the molecule is C[C@H](NC(=O)c1cccc(S(=O)(=O)N[C@@H](C)c2ccccc2)c1)c1ccc(-n2ccnc2)cc1. The Labute approximate surface area is 199 Å². The van der Waals surface area contributed by atoms with Crippen LogP contribution in [0.4, 0.5) is 0 Å². The number of carbonyl (C=O) groups excluding carboxylic acids is 1. The van der Waals surface area contributed by atoms with E-state index in [1.54, 1.807) is 31.6 Å². The maximum absolute atomic E-state index is 12.9. The number of carbonyl (C=O) groups is 1. The molecule has 2 N–H and O–H groups in total. The topological polar surface area (TPSA) is 93.1 Å². The minimum Gasteiger partial charge on any atom is -0.346 e. The smallest absolute Gasteiger partial charge is 0.251 e. The van der Waals surface area contributed by atoms with E-state index in [9.17, 15) is 13.2 Å². The summed E-state index contributed by atoms with van der Waals surface area (Å²) in [4.78, 5) is 17.0.